The van der Waals surface area contributed by atoms with Gasteiger partial charge in [-0.3, -0.25) is 15.0 Å². The molecule has 0 heterocycles. The van der Waals surface area contributed by atoms with E-state index in [4.69, 9.17) is 0 Å². The topological polar surface area (TPSA) is 104 Å². The smallest absolute Gasteiger partial charge is 0.318 e. The molecule has 10 heteroatoms. The molecule has 0 fully saturated rings. The van der Waals surface area contributed by atoms with Gasteiger partial charge in [0.1, 0.15) is 0 Å². The molecular weight excluding hydrogens is 356 g/mol. The van der Waals surface area contributed by atoms with Gasteiger partial charge in [-0.1, -0.05) is 17.7 Å². The quantitative estimate of drug-likeness (QED) is 0.557. The number of benzene rings is 2. The summed E-state index contributed by atoms with van der Waals surface area (Å²) in [6, 6.07) is 8.40. The molecule has 0 spiro atoms. The van der Waals surface area contributed by atoms with E-state index in [2.05, 4.69) is 5.32 Å². The lowest BCUT2D eigenvalue weighted by molar-refractivity contribution is -0.136. The van der Waals surface area contributed by atoms with Gasteiger partial charge in [-0.25, -0.2) is 17.2 Å². The second kappa shape index (κ2) is 7.36. The molecule has 0 aliphatic heterocycles. The third-order valence-electron chi connectivity index (χ3n) is 3.02. The summed E-state index contributed by atoms with van der Waals surface area (Å²) in [6.07, 6.45) is 0. The van der Waals surface area contributed by atoms with Crippen LogP contribution in [0.2, 0.25) is 0 Å². The van der Waals surface area contributed by atoms with Gasteiger partial charge in [-0.15, -0.1) is 4.83 Å². The first kappa shape index (κ1) is 18.5. The first-order valence-corrected chi connectivity index (χ1v) is 8.32. The summed E-state index contributed by atoms with van der Waals surface area (Å²) < 4.78 is 49.7. The molecule has 2 aromatic rings. The van der Waals surface area contributed by atoms with Gasteiger partial charge in [-0.05, 0) is 37.3 Å². The number of nitrogens with one attached hydrogen (secondary N) is 3. The van der Waals surface area contributed by atoms with Crippen LogP contribution in [0.5, 0.6) is 0 Å². The van der Waals surface area contributed by atoms with Gasteiger partial charge in [0, 0.05) is 5.69 Å². The molecular formula is C15H13F2N3O4S. The van der Waals surface area contributed by atoms with Crippen molar-refractivity contribution in [2.45, 2.75) is 11.8 Å². The molecule has 7 nitrogen and oxygen atoms in total. The average molecular weight is 369 g/mol. The predicted octanol–water partition coefficient (Wildman–Crippen LogP) is 1.22. The Morgan fingerprint density at radius 1 is 0.920 bits per heavy atom. The maximum atomic E-state index is 13.1. The fraction of sp³-hybridized carbons (Fsp3) is 0.0667. The van der Waals surface area contributed by atoms with E-state index < -0.39 is 38.4 Å². The fourth-order valence-electron chi connectivity index (χ4n) is 1.70. The molecule has 0 aliphatic carbocycles. The highest BCUT2D eigenvalue weighted by Crippen LogP contribution is 2.13. The van der Waals surface area contributed by atoms with Gasteiger partial charge in [0.2, 0.25) is 0 Å². The normalized spacial score (nSPS) is 11.0. The van der Waals surface area contributed by atoms with Crippen molar-refractivity contribution in [2.75, 3.05) is 5.32 Å². The summed E-state index contributed by atoms with van der Waals surface area (Å²) in [6.45, 7) is 1.84. The van der Waals surface area contributed by atoms with Crippen molar-refractivity contribution < 1.29 is 26.8 Å². The highest BCUT2D eigenvalue weighted by molar-refractivity contribution is 7.89. The first-order valence-electron chi connectivity index (χ1n) is 6.84. The number of halogens is 2. The zero-order valence-electron chi connectivity index (χ0n) is 12.8. The van der Waals surface area contributed by atoms with E-state index in [9.17, 15) is 26.8 Å². The maximum Gasteiger partial charge on any atom is 0.324 e. The monoisotopic (exact) mass is 369 g/mol. The molecule has 25 heavy (non-hydrogen) atoms. The van der Waals surface area contributed by atoms with Crippen LogP contribution in [0.25, 0.3) is 0 Å². The number of sulfonamides is 1. The van der Waals surface area contributed by atoms with Crippen LogP contribution in [0.3, 0.4) is 0 Å². The minimum absolute atomic E-state index is 0.342. The largest absolute Gasteiger partial charge is 0.324 e. The number of hydrazine groups is 1. The van der Waals surface area contributed by atoms with Crippen LogP contribution >= 0.6 is 0 Å². The number of anilines is 1. The zero-order chi connectivity index (χ0) is 18.6. The molecule has 0 aromatic heterocycles. The van der Waals surface area contributed by atoms with Crippen LogP contribution < -0.4 is 15.6 Å². The van der Waals surface area contributed by atoms with Gasteiger partial charge in [0.05, 0.1) is 4.90 Å². The summed E-state index contributed by atoms with van der Waals surface area (Å²) >= 11 is 0. The second-order valence-corrected chi connectivity index (χ2v) is 6.64. The molecule has 0 saturated heterocycles. The van der Waals surface area contributed by atoms with E-state index in [1.165, 1.54) is 0 Å². The highest BCUT2D eigenvalue weighted by atomic mass is 32.2. The fourth-order valence-corrected chi connectivity index (χ4v) is 2.55. The Labute approximate surface area is 142 Å². The summed E-state index contributed by atoms with van der Waals surface area (Å²) in [7, 11) is -4.38. The Bertz CT molecular complexity index is 915. The Balaban J connectivity index is 1.99. The standard InChI is InChI=1S/C15H13F2N3O4S/c1-9-2-4-10(5-3-9)18-14(21)15(22)19-20-25(23,24)11-6-7-12(16)13(17)8-11/h2-8,20H,1H3,(H,18,21)(H,19,22). The van der Waals surface area contributed by atoms with Gasteiger partial charge in [-0.2, -0.15) is 0 Å². The van der Waals surface area contributed by atoms with Crippen molar-refractivity contribution in [1.29, 1.82) is 0 Å². The van der Waals surface area contributed by atoms with Crippen molar-refractivity contribution in [2.24, 2.45) is 0 Å². The Hall–Kier alpha value is -2.85. The molecule has 3 N–H and O–H groups in total. The Morgan fingerprint density at radius 2 is 1.56 bits per heavy atom. The van der Waals surface area contributed by atoms with Crippen LogP contribution in [0.4, 0.5) is 14.5 Å². The number of carbonyl (C=O) groups excluding carboxylic acids is 2. The van der Waals surface area contributed by atoms with E-state index in [1.54, 1.807) is 34.5 Å². The third kappa shape index (κ3) is 4.81. The Morgan fingerprint density at radius 3 is 2.16 bits per heavy atom. The lowest BCUT2D eigenvalue weighted by Crippen LogP contribution is -2.46. The molecule has 0 radical (unpaired) electrons. The lowest BCUT2D eigenvalue weighted by Gasteiger charge is -2.09. The molecule has 0 unspecified atom stereocenters. The van der Waals surface area contributed by atoms with Crippen molar-refractivity contribution in [3.63, 3.8) is 0 Å². The Kier molecular flexibility index (Phi) is 5.45. The zero-order valence-corrected chi connectivity index (χ0v) is 13.7. The number of hydrogen-bond donors (Lipinski definition) is 3. The molecule has 132 valence electrons. The number of aryl methyl sites for hydroxylation is 1. The van der Waals surface area contributed by atoms with Gasteiger partial charge >= 0.3 is 11.8 Å². The molecule has 0 saturated carbocycles. The molecule has 2 amide bonds. The summed E-state index contributed by atoms with van der Waals surface area (Å²) in [5, 5.41) is 2.27. The van der Waals surface area contributed by atoms with Gasteiger partial charge in [0.25, 0.3) is 10.0 Å². The highest BCUT2D eigenvalue weighted by Gasteiger charge is 2.20. The van der Waals surface area contributed by atoms with E-state index in [1.807, 2.05) is 6.92 Å². The van der Waals surface area contributed by atoms with Crippen LogP contribution in [-0.2, 0) is 19.6 Å². The maximum absolute atomic E-state index is 13.1. The van der Waals surface area contributed by atoms with Crippen LogP contribution in [0.1, 0.15) is 5.56 Å². The minimum atomic E-state index is -4.38. The molecule has 0 atom stereocenters. The summed E-state index contributed by atoms with van der Waals surface area (Å²) in [4.78, 5) is 24.3. The lowest BCUT2D eigenvalue weighted by atomic mass is 10.2. The second-order valence-electron chi connectivity index (χ2n) is 4.96. The van der Waals surface area contributed by atoms with E-state index >= 15 is 0 Å². The van der Waals surface area contributed by atoms with Crippen molar-refractivity contribution in [3.05, 3.63) is 59.7 Å². The summed E-state index contributed by atoms with van der Waals surface area (Å²) in [5.41, 5.74) is 2.97. The number of carbonyl (C=O) groups is 2. The minimum Gasteiger partial charge on any atom is -0.318 e. The average Bonchev–Trinajstić information content (AvgIpc) is 2.57. The van der Waals surface area contributed by atoms with Crippen molar-refractivity contribution >= 4 is 27.5 Å². The molecule has 2 aromatic carbocycles. The molecule has 2 rings (SSSR count). The molecule has 0 aliphatic rings. The van der Waals surface area contributed by atoms with E-state index in [0.29, 0.717) is 17.8 Å². The van der Waals surface area contributed by atoms with Gasteiger partial charge in [0.15, 0.2) is 11.6 Å². The number of hydrogen-bond acceptors (Lipinski definition) is 4. The van der Waals surface area contributed by atoms with E-state index in [0.717, 1.165) is 11.6 Å². The number of amides is 2. The summed E-state index contributed by atoms with van der Waals surface area (Å²) in [5.74, 6) is -4.99. The van der Waals surface area contributed by atoms with Crippen LogP contribution in [0.15, 0.2) is 47.4 Å². The van der Waals surface area contributed by atoms with Crippen molar-refractivity contribution in [3.8, 4) is 0 Å². The molecule has 0 bridgehead atoms. The van der Waals surface area contributed by atoms with Crippen LogP contribution in [0, 0.1) is 18.6 Å². The predicted molar refractivity (Wildman–Crippen MR) is 84.6 cm³/mol. The first-order chi connectivity index (χ1) is 11.7. The number of rotatable bonds is 4. The van der Waals surface area contributed by atoms with Crippen molar-refractivity contribution in [1.82, 2.24) is 10.3 Å². The van der Waals surface area contributed by atoms with E-state index in [-0.39, 0.29) is 0 Å². The van der Waals surface area contributed by atoms with Crippen LogP contribution in [-0.4, -0.2) is 20.2 Å². The SMILES string of the molecule is Cc1ccc(NC(=O)C(=O)NNS(=O)(=O)c2ccc(F)c(F)c2)cc1. The van der Waals surface area contributed by atoms with Gasteiger partial charge < -0.3 is 5.32 Å². The third-order valence-corrected chi connectivity index (χ3v) is 4.26.